The van der Waals surface area contributed by atoms with Gasteiger partial charge in [-0.15, -0.1) is 0 Å². The second-order valence-corrected chi connectivity index (χ2v) is 5.30. The number of alkyl halides is 3. The van der Waals surface area contributed by atoms with Crippen LogP contribution in [0.1, 0.15) is 18.5 Å². The number of hydrogen-bond donors (Lipinski definition) is 1. The SMILES string of the molecule is O=C1C(Nc2nccc(C(F)(F)F)n2)CCCN1c1cccnc1. The molecule has 3 heterocycles. The highest BCUT2D eigenvalue weighted by Gasteiger charge is 2.34. The number of amides is 1. The van der Waals surface area contributed by atoms with E-state index in [1.165, 1.54) is 0 Å². The average molecular weight is 337 g/mol. The maximum atomic E-state index is 12.7. The largest absolute Gasteiger partial charge is 0.433 e. The van der Waals surface area contributed by atoms with Crippen LogP contribution in [0, 0.1) is 0 Å². The molecule has 2 aromatic heterocycles. The fourth-order valence-corrected chi connectivity index (χ4v) is 2.52. The normalized spacial score (nSPS) is 18.5. The monoisotopic (exact) mass is 337 g/mol. The van der Waals surface area contributed by atoms with Crippen LogP contribution in [0.3, 0.4) is 0 Å². The van der Waals surface area contributed by atoms with Crippen molar-refractivity contribution >= 4 is 17.5 Å². The fourth-order valence-electron chi connectivity index (χ4n) is 2.52. The molecular weight excluding hydrogens is 323 g/mol. The van der Waals surface area contributed by atoms with Crippen molar-refractivity contribution < 1.29 is 18.0 Å². The second kappa shape index (κ2) is 6.42. The molecule has 1 aliphatic rings. The Balaban J connectivity index is 1.77. The Morgan fingerprint density at radius 2 is 2.08 bits per heavy atom. The lowest BCUT2D eigenvalue weighted by molar-refractivity contribution is -0.141. The molecule has 1 atom stereocenters. The van der Waals surface area contributed by atoms with E-state index >= 15 is 0 Å². The van der Waals surface area contributed by atoms with Crippen molar-refractivity contribution in [2.75, 3.05) is 16.8 Å². The summed E-state index contributed by atoms with van der Waals surface area (Å²) in [4.78, 5) is 25.3. The molecule has 6 nitrogen and oxygen atoms in total. The third-order valence-electron chi connectivity index (χ3n) is 3.65. The molecule has 1 unspecified atom stereocenters. The molecule has 2 aromatic rings. The predicted molar refractivity (Wildman–Crippen MR) is 80.3 cm³/mol. The Bertz CT molecular complexity index is 723. The van der Waals surface area contributed by atoms with Gasteiger partial charge in [0.05, 0.1) is 11.9 Å². The van der Waals surface area contributed by atoms with E-state index in [1.54, 1.807) is 29.4 Å². The van der Waals surface area contributed by atoms with Gasteiger partial charge in [-0.25, -0.2) is 9.97 Å². The number of nitrogens with zero attached hydrogens (tertiary/aromatic N) is 4. The van der Waals surface area contributed by atoms with Crippen LogP contribution in [-0.2, 0) is 11.0 Å². The van der Waals surface area contributed by atoms with Crippen molar-refractivity contribution in [2.45, 2.75) is 25.1 Å². The summed E-state index contributed by atoms with van der Waals surface area (Å²) in [6.45, 7) is 0.534. The molecule has 1 aliphatic heterocycles. The molecule has 126 valence electrons. The number of anilines is 2. The van der Waals surface area contributed by atoms with Gasteiger partial charge < -0.3 is 10.2 Å². The summed E-state index contributed by atoms with van der Waals surface area (Å²) in [7, 11) is 0. The van der Waals surface area contributed by atoms with Gasteiger partial charge in [0.2, 0.25) is 11.9 Å². The quantitative estimate of drug-likeness (QED) is 0.932. The van der Waals surface area contributed by atoms with Crippen molar-refractivity contribution in [3.63, 3.8) is 0 Å². The van der Waals surface area contributed by atoms with Gasteiger partial charge in [0, 0.05) is 18.9 Å². The van der Waals surface area contributed by atoms with Crippen molar-refractivity contribution in [1.82, 2.24) is 15.0 Å². The van der Waals surface area contributed by atoms with Crippen LogP contribution in [0.25, 0.3) is 0 Å². The molecule has 0 aliphatic carbocycles. The Morgan fingerprint density at radius 1 is 1.25 bits per heavy atom. The Hall–Kier alpha value is -2.71. The first kappa shape index (κ1) is 16.2. The van der Waals surface area contributed by atoms with Crippen LogP contribution >= 0.6 is 0 Å². The van der Waals surface area contributed by atoms with Crippen LogP contribution in [0.5, 0.6) is 0 Å². The maximum Gasteiger partial charge on any atom is 0.433 e. The van der Waals surface area contributed by atoms with E-state index in [0.717, 1.165) is 12.3 Å². The van der Waals surface area contributed by atoms with E-state index < -0.39 is 17.9 Å². The number of carbonyl (C=O) groups is 1. The highest BCUT2D eigenvalue weighted by molar-refractivity contribution is 5.99. The number of nitrogens with one attached hydrogen (secondary N) is 1. The fraction of sp³-hybridized carbons (Fsp3) is 0.333. The van der Waals surface area contributed by atoms with Crippen molar-refractivity contribution in [3.8, 4) is 0 Å². The van der Waals surface area contributed by atoms with Gasteiger partial charge in [-0.2, -0.15) is 13.2 Å². The number of carbonyl (C=O) groups excluding carboxylic acids is 1. The topological polar surface area (TPSA) is 71.0 Å². The van der Waals surface area contributed by atoms with E-state index in [2.05, 4.69) is 20.3 Å². The molecular formula is C15H14F3N5O. The predicted octanol–water partition coefficient (Wildman–Crippen LogP) is 2.50. The van der Waals surface area contributed by atoms with Crippen LogP contribution in [0.4, 0.5) is 24.8 Å². The minimum Gasteiger partial charge on any atom is -0.342 e. The summed E-state index contributed by atoms with van der Waals surface area (Å²) < 4.78 is 38.1. The Labute approximate surface area is 135 Å². The number of hydrogen-bond acceptors (Lipinski definition) is 5. The molecule has 24 heavy (non-hydrogen) atoms. The van der Waals surface area contributed by atoms with Gasteiger partial charge in [-0.05, 0) is 31.0 Å². The Kier molecular flexibility index (Phi) is 4.32. The molecule has 0 saturated carbocycles. The lowest BCUT2D eigenvalue weighted by atomic mass is 10.0. The lowest BCUT2D eigenvalue weighted by Crippen LogP contribution is -2.48. The smallest absolute Gasteiger partial charge is 0.342 e. The summed E-state index contributed by atoms with van der Waals surface area (Å²) >= 11 is 0. The number of piperidine rings is 1. The van der Waals surface area contributed by atoms with Crippen molar-refractivity contribution in [3.05, 3.63) is 42.5 Å². The minimum atomic E-state index is -4.56. The van der Waals surface area contributed by atoms with Crippen LogP contribution in [0.15, 0.2) is 36.8 Å². The maximum absolute atomic E-state index is 12.7. The van der Waals surface area contributed by atoms with Crippen LogP contribution in [0.2, 0.25) is 0 Å². The first-order chi connectivity index (χ1) is 11.4. The van der Waals surface area contributed by atoms with E-state index in [4.69, 9.17) is 0 Å². The number of aromatic nitrogens is 3. The molecule has 0 aromatic carbocycles. The number of halogens is 3. The Morgan fingerprint density at radius 3 is 2.79 bits per heavy atom. The standard InChI is InChI=1S/C15H14F3N5O/c16-15(17,18)12-5-7-20-14(22-12)21-11-4-2-8-23(13(11)24)10-3-1-6-19-9-10/h1,3,5-7,9,11H,2,4,8H2,(H,20,21,22). The van der Waals surface area contributed by atoms with Crippen molar-refractivity contribution in [1.29, 1.82) is 0 Å². The lowest BCUT2D eigenvalue weighted by Gasteiger charge is -2.32. The summed E-state index contributed by atoms with van der Waals surface area (Å²) in [5.41, 5.74) is -0.397. The molecule has 1 amide bonds. The number of pyridine rings is 1. The molecule has 0 bridgehead atoms. The highest BCUT2D eigenvalue weighted by Crippen LogP contribution is 2.28. The van der Waals surface area contributed by atoms with Gasteiger partial charge in [0.15, 0.2) is 0 Å². The summed E-state index contributed by atoms with van der Waals surface area (Å²) in [5.74, 6) is -0.452. The van der Waals surface area contributed by atoms with E-state index in [9.17, 15) is 18.0 Å². The molecule has 3 rings (SSSR count). The van der Waals surface area contributed by atoms with Crippen LogP contribution < -0.4 is 10.2 Å². The zero-order chi connectivity index (χ0) is 17.2. The second-order valence-electron chi connectivity index (χ2n) is 5.30. The van der Waals surface area contributed by atoms with E-state index in [-0.39, 0.29) is 11.9 Å². The molecule has 1 fully saturated rings. The zero-order valence-corrected chi connectivity index (χ0v) is 12.5. The van der Waals surface area contributed by atoms with E-state index in [0.29, 0.717) is 25.1 Å². The molecule has 0 spiro atoms. The minimum absolute atomic E-state index is 0.212. The van der Waals surface area contributed by atoms with Gasteiger partial charge in [0.1, 0.15) is 11.7 Å². The van der Waals surface area contributed by atoms with Crippen molar-refractivity contribution in [2.24, 2.45) is 0 Å². The van der Waals surface area contributed by atoms with Gasteiger partial charge in [-0.1, -0.05) is 0 Å². The number of rotatable bonds is 3. The molecule has 1 saturated heterocycles. The molecule has 0 radical (unpaired) electrons. The van der Waals surface area contributed by atoms with Gasteiger partial charge in [-0.3, -0.25) is 9.78 Å². The summed E-state index contributed by atoms with van der Waals surface area (Å²) in [6.07, 6.45) is 0.833. The third-order valence-corrected chi connectivity index (χ3v) is 3.65. The van der Waals surface area contributed by atoms with E-state index in [1.807, 2.05) is 0 Å². The first-order valence-electron chi connectivity index (χ1n) is 7.33. The summed E-state index contributed by atoms with van der Waals surface area (Å²) in [5, 5.41) is 2.71. The molecule has 1 N–H and O–H groups in total. The average Bonchev–Trinajstić information content (AvgIpc) is 2.57. The van der Waals surface area contributed by atoms with Gasteiger partial charge in [0.25, 0.3) is 0 Å². The first-order valence-corrected chi connectivity index (χ1v) is 7.33. The highest BCUT2D eigenvalue weighted by atomic mass is 19.4. The third kappa shape index (κ3) is 3.44. The van der Waals surface area contributed by atoms with Crippen LogP contribution in [-0.4, -0.2) is 33.4 Å². The van der Waals surface area contributed by atoms with Gasteiger partial charge >= 0.3 is 6.18 Å². The molecule has 9 heteroatoms. The summed E-state index contributed by atoms with van der Waals surface area (Å²) in [6, 6.07) is 3.59. The zero-order valence-electron chi connectivity index (χ0n) is 12.5.